The summed E-state index contributed by atoms with van der Waals surface area (Å²) in [5, 5.41) is 32.7. The van der Waals surface area contributed by atoms with Crippen LogP contribution in [0.5, 0.6) is 23.0 Å². The molecule has 0 bridgehead atoms. The molecular weight excluding hydrogens is 424 g/mol. The van der Waals surface area contributed by atoms with E-state index in [0.29, 0.717) is 11.3 Å². The number of ether oxygens (including phenoxy) is 1. The molecule has 0 saturated heterocycles. The lowest BCUT2D eigenvalue weighted by atomic mass is 9.75. The minimum absolute atomic E-state index is 0.0876. The zero-order chi connectivity index (χ0) is 25.6. The van der Waals surface area contributed by atoms with Crippen LogP contribution in [0.4, 0.5) is 0 Å². The van der Waals surface area contributed by atoms with E-state index >= 15 is 0 Å². The Labute approximate surface area is 203 Å². The van der Waals surface area contributed by atoms with E-state index in [1.54, 1.807) is 25.3 Å². The molecule has 4 heteroatoms. The van der Waals surface area contributed by atoms with Gasteiger partial charge in [-0.3, -0.25) is 0 Å². The molecule has 182 valence electrons. The third-order valence-corrected chi connectivity index (χ3v) is 6.57. The van der Waals surface area contributed by atoms with E-state index in [-0.39, 0.29) is 34.0 Å². The average Bonchev–Trinajstić information content (AvgIpc) is 2.70. The van der Waals surface area contributed by atoms with Crippen molar-refractivity contribution >= 4 is 0 Å². The van der Waals surface area contributed by atoms with Gasteiger partial charge in [-0.25, -0.2) is 0 Å². The van der Waals surface area contributed by atoms with Crippen LogP contribution in [-0.4, -0.2) is 22.4 Å². The molecule has 3 N–H and O–H groups in total. The molecule has 0 saturated carbocycles. The highest BCUT2D eigenvalue weighted by Gasteiger charge is 2.30. The van der Waals surface area contributed by atoms with Crippen molar-refractivity contribution in [2.75, 3.05) is 7.11 Å². The van der Waals surface area contributed by atoms with E-state index in [9.17, 15) is 15.3 Å². The van der Waals surface area contributed by atoms with Gasteiger partial charge in [0, 0.05) is 11.5 Å². The number of rotatable bonds is 4. The SMILES string of the molecule is COc1cccc(C(c2cc(C(C)(C)C)c(O)cc2C)c2cc(C(C)(C)C)c(O)cc2C)c1O. The summed E-state index contributed by atoms with van der Waals surface area (Å²) in [6.45, 7) is 16.4. The monoisotopic (exact) mass is 462 g/mol. The third kappa shape index (κ3) is 4.72. The molecule has 0 fully saturated rings. The van der Waals surface area contributed by atoms with Gasteiger partial charge >= 0.3 is 0 Å². The van der Waals surface area contributed by atoms with Crippen LogP contribution in [0.15, 0.2) is 42.5 Å². The second-order valence-corrected chi connectivity index (χ2v) is 11.3. The molecule has 0 spiro atoms. The third-order valence-electron chi connectivity index (χ3n) is 6.57. The molecule has 0 unspecified atom stereocenters. The van der Waals surface area contributed by atoms with E-state index in [0.717, 1.165) is 33.4 Å². The summed E-state index contributed by atoms with van der Waals surface area (Å²) in [6, 6.07) is 13.2. The molecule has 0 aromatic heterocycles. The van der Waals surface area contributed by atoms with E-state index in [1.165, 1.54) is 0 Å². The molecule has 0 aliphatic carbocycles. The minimum atomic E-state index is -0.335. The number of benzene rings is 3. The predicted octanol–water partition coefficient (Wildman–Crippen LogP) is 7.20. The first-order chi connectivity index (χ1) is 15.7. The first-order valence-electron chi connectivity index (χ1n) is 11.7. The Hall–Kier alpha value is -3.14. The molecule has 0 heterocycles. The Bertz CT molecular complexity index is 1140. The highest BCUT2D eigenvalue weighted by atomic mass is 16.5. The summed E-state index contributed by atoms with van der Waals surface area (Å²) < 4.78 is 5.43. The Morgan fingerprint density at radius 2 is 1.12 bits per heavy atom. The topological polar surface area (TPSA) is 69.9 Å². The number of para-hydroxylation sites is 1. The number of aromatic hydroxyl groups is 3. The van der Waals surface area contributed by atoms with Crippen LogP contribution < -0.4 is 4.74 Å². The normalized spacial score (nSPS) is 12.3. The zero-order valence-electron chi connectivity index (χ0n) is 21.9. The van der Waals surface area contributed by atoms with Crippen molar-refractivity contribution in [3.05, 3.63) is 81.4 Å². The Morgan fingerprint density at radius 3 is 1.50 bits per heavy atom. The van der Waals surface area contributed by atoms with Crippen molar-refractivity contribution in [2.24, 2.45) is 0 Å². The molecule has 0 aliphatic rings. The molecule has 3 aromatic carbocycles. The summed E-state index contributed by atoms with van der Waals surface area (Å²) in [5.41, 5.74) is 5.66. The van der Waals surface area contributed by atoms with Gasteiger partial charge < -0.3 is 20.1 Å². The van der Waals surface area contributed by atoms with Crippen molar-refractivity contribution in [3.8, 4) is 23.0 Å². The average molecular weight is 463 g/mol. The van der Waals surface area contributed by atoms with Gasteiger partial charge in [-0.15, -0.1) is 0 Å². The second-order valence-electron chi connectivity index (χ2n) is 11.3. The first-order valence-corrected chi connectivity index (χ1v) is 11.7. The molecule has 0 atom stereocenters. The summed E-state index contributed by atoms with van der Waals surface area (Å²) in [5.74, 6) is 0.686. The van der Waals surface area contributed by atoms with Crippen molar-refractivity contribution in [1.82, 2.24) is 0 Å². The summed E-state index contributed by atoms with van der Waals surface area (Å²) in [4.78, 5) is 0. The van der Waals surface area contributed by atoms with Crippen LogP contribution in [0.25, 0.3) is 0 Å². The van der Waals surface area contributed by atoms with Crippen LogP contribution in [0.1, 0.15) is 86.4 Å². The maximum absolute atomic E-state index is 11.2. The van der Waals surface area contributed by atoms with Crippen molar-refractivity contribution < 1.29 is 20.1 Å². The highest BCUT2D eigenvalue weighted by molar-refractivity contribution is 5.60. The summed E-state index contributed by atoms with van der Waals surface area (Å²) in [7, 11) is 1.54. The van der Waals surface area contributed by atoms with Gasteiger partial charge in [0.1, 0.15) is 11.5 Å². The Morgan fingerprint density at radius 1 is 0.676 bits per heavy atom. The van der Waals surface area contributed by atoms with Crippen LogP contribution in [0.2, 0.25) is 0 Å². The minimum Gasteiger partial charge on any atom is -0.508 e. The van der Waals surface area contributed by atoms with Crippen molar-refractivity contribution in [1.29, 1.82) is 0 Å². The fourth-order valence-corrected chi connectivity index (χ4v) is 4.68. The molecule has 34 heavy (non-hydrogen) atoms. The lowest BCUT2D eigenvalue weighted by molar-refractivity contribution is 0.370. The van der Waals surface area contributed by atoms with Gasteiger partial charge in [-0.2, -0.15) is 0 Å². The van der Waals surface area contributed by atoms with E-state index in [4.69, 9.17) is 4.74 Å². The van der Waals surface area contributed by atoms with Crippen LogP contribution in [0, 0.1) is 13.8 Å². The number of aryl methyl sites for hydroxylation is 2. The van der Waals surface area contributed by atoms with Crippen LogP contribution in [-0.2, 0) is 10.8 Å². The number of hydrogen-bond acceptors (Lipinski definition) is 4. The molecular formula is C30H38O4. The molecule has 0 radical (unpaired) electrons. The smallest absolute Gasteiger partial charge is 0.161 e. The lowest BCUT2D eigenvalue weighted by Gasteiger charge is -2.29. The molecule has 0 aliphatic heterocycles. The lowest BCUT2D eigenvalue weighted by Crippen LogP contribution is -2.16. The first kappa shape index (κ1) is 25.5. The number of phenolic OH excluding ortho intramolecular Hbond substituents is 3. The number of hydrogen-bond donors (Lipinski definition) is 3. The van der Waals surface area contributed by atoms with Gasteiger partial charge in [-0.1, -0.05) is 65.8 Å². The largest absolute Gasteiger partial charge is 0.508 e. The molecule has 3 rings (SSSR count). The standard InChI is InChI=1S/C30H38O4/c1-17-13-24(31)22(29(3,4)5)15-20(17)27(19-11-10-12-26(34-9)28(19)33)21-16-23(30(6,7)8)25(32)14-18(21)2/h10-16,27,31-33H,1-9H3. The Kier molecular flexibility index (Phi) is 6.67. The van der Waals surface area contributed by atoms with Gasteiger partial charge in [0.25, 0.3) is 0 Å². The van der Waals surface area contributed by atoms with E-state index in [2.05, 4.69) is 53.7 Å². The van der Waals surface area contributed by atoms with E-state index < -0.39 is 0 Å². The second kappa shape index (κ2) is 8.90. The quantitative estimate of drug-likeness (QED) is 0.358. The van der Waals surface area contributed by atoms with Gasteiger partial charge in [-0.05, 0) is 76.3 Å². The van der Waals surface area contributed by atoms with Crippen LogP contribution >= 0.6 is 0 Å². The number of phenols is 3. The van der Waals surface area contributed by atoms with Crippen molar-refractivity contribution in [3.63, 3.8) is 0 Å². The Balaban J connectivity index is 2.45. The highest BCUT2D eigenvalue weighted by Crippen LogP contribution is 2.47. The van der Waals surface area contributed by atoms with E-state index in [1.807, 2.05) is 26.0 Å². The predicted molar refractivity (Wildman–Crippen MR) is 139 cm³/mol. The zero-order valence-corrected chi connectivity index (χ0v) is 21.9. The maximum Gasteiger partial charge on any atom is 0.161 e. The molecule has 0 amide bonds. The maximum atomic E-state index is 11.2. The van der Waals surface area contributed by atoms with Gasteiger partial charge in [0.2, 0.25) is 0 Å². The van der Waals surface area contributed by atoms with Crippen LogP contribution in [0.3, 0.4) is 0 Å². The fraction of sp³-hybridized carbons (Fsp3) is 0.400. The van der Waals surface area contributed by atoms with Gasteiger partial charge in [0.15, 0.2) is 11.5 Å². The molecule has 4 nitrogen and oxygen atoms in total. The fourth-order valence-electron chi connectivity index (χ4n) is 4.68. The summed E-state index contributed by atoms with van der Waals surface area (Å²) >= 11 is 0. The van der Waals surface area contributed by atoms with Gasteiger partial charge in [0.05, 0.1) is 7.11 Å². The molecule has 3 aromatic rings. The summed E-state index contributed by atoms with van der Waals surface area (Å²) in [6.07, 6.45) is 0. The number of methoxy groups -OCH3 is 1. The van der Waals surface area contributed by atoms with Crippen molar-refractivity contribution in [2.45, 2.75) is 72.1 Å².